The molecule has 2 N–H and O–H groups in total. The molecule has 2 aromatic rings. The zero-order valence-corrected chi connectivity index (χ0v) is 10.9. The maximum Gasteiger partial charge on any atom is 0.340 e. The fraction of sp³-hybridized carbons (Fsp3) is 0.182. The van der Waals surface area contributed by atoms with E-state index in [-0.39, 0.29) is 23.1 Å². The monoisotopic (exact) mass is 302 g/mol. The fourth-order valence-electron chi connectivity index (χ4n) is 1.58. The van der Waals surface area contributed by atoms with Gasteiger partial charge in [0, 0.05) is 0 Å². The first kappa shape index (κ1) is 13.6. The third kappa shape index (κ3) is 2.97. The lowest BCUT2D eigenvalue weighted by molar-refractivity contribution is 0.0523. The summed E-state index contributed by atoms with van der Waals surface area (Å²) in [6.07, 6.45) is 0. The van der Waals surface area contributed by atoms with Gasteiger partial charge in [0.15, 0.2) is 0 Å². The molecule has 100 valence electrons. The topological polar surface area (TPSA) is 92.0 Å². The van der Waals surface area contributed by atoms with Crippen LogP contribution in [0.15, 0.2) is 27.8 Å². The highest BCUT2D eigenvalue weighted by Crippen LogP contribution is 2.13. The van der Waals surface area contributed by atoms with Crippen LogP contribution in [0.2, 0.25) is 0 Å². The van der Waals surface area contributed by atoms with Crippen LogP contribution in [-0.4, -0.2) is 27.4 Å². The molecule has 8 heteroatoms. The number of para-hydroxylation sites is 1. The molecule has 1 heterocycles. The van der Waals surface area contributed by atoms with Gasteiger partial charge in [-0.05, 0) is 12.1 Å². The first-order chi connectivity index (χ1) is 8.99. The van der Waals surface area contributed by atoms with Crippen molar-refractivity contribution in [2.75, 3.05) is 6.61 Å². The van der Waals surface area contributed by atoms with Crippen LogP contribution in [0.3, 0.4) is 0 Å². The van der Waals surface area contributed by atoms with Gasteiger partial charge in [-0.15, -0.1) is 23.2 Å². The van der Waals surface area contributed by atoms with Gasteiger partial charge in [0.2, 0.25) is 0 Å². The predicted octanol–water partition coefficient (Wildman–Crippen LogP) is 1.18. The number of alkyl halides is 2. The van der Waals surface area contributed by atoms with Crippen LogP contribution in [0.25, 0.3) is 10.9 Å². The molecule has 0 fully saturated rings. The minimum absolute atomic E-state index is 0.0645. The van der Waals surface area contributed by atoms with Crippen LogP contribution in [0.4, 0.5) is 0 Å². The maximum atomic E-state index is 11.8. The van der Waals surface area contributed by atoms with Crippen molar-refractivity contribution < 1.29 is 9.53 Å². The quantitative estimate of drug-likeness (QED) is 0.658. The fourth-order valence-corrected chi connectivity index (χ4v) is 1.70. The highest BCUT2D eigenvalue weighted by atomic mass is 35.5. The molecule has 0 amide bonds. The number of benzene rings is 1. The molecule has 0 aliphatic heterocycles. The maximum absolute atomic E-state index is 11.8. The van der Waals surface area contributed by atoms with E-state index in [1.54, 1.807) is 0 Å². The Hall–Kier alpha value is -1.79. The molecule has 2 rings (SSSR count). The average molecular weight is 303 g/mol. The van der Waals surface area contributed by atoms with Crippen molar-refractivity contribution in [3.8, 4) is 0 Å². The Kier molecular flexibility index (Phi) is 3.92. The predicted molar refractivity (Wildman–Crippen MR) is 71.0 cm³/mol. The third-order valence-electron chi connectivity index (χ3n) is 2.34. The minimum atomic E-state index is -0.846. The number of hydrogen-bond donors (Lipinski definition) is 2. The van der Waals surface area contributed by atoms with Crippen molar-refractivity contribution in [2.45, 2.75) is 4.84 Å². The molecule has 0 aliphatic carbocycles. The molecule has 0 atom stereocenters. The SMILES string of the molecule is O=C(OCC(Cl)Cl)c1cccc2c(=O)[nH]c(=O)[nH]c12. The number of rotatable bonds is 3. The van der Waals surface area contributed by atoms with Gasteiger partial charge in [-0.1, -0.05) is 6.07 Å². The van der Waals surface area contributed by atoms with Crippen molar-refractivity contribution in [2.24, 2.45) is 0 Å². The van der Waals surface area contributed by atoms with E-state index in [2.05, 4.69) is 9.97 Å². The van der Waals surface area contributed by atoms with Gasteiger partial charge >= 0.3 is 11.7 Å². The Labute approximate surface area is 116 Å². The Balaban J connectivity index is 2.52. The van der Waals surface area contributed by atoms with E-state index in [1.807, 2.05) is 0 Å². The lowest BCUT2D eigenvalue weighted by Crippen LogP contribution is -2.23. The second-order valence-corrected chi connectivity index (χ2v) is 4.90. The summed E-state index contributed by atoms with van der Waals surface area (Å²) in [6, 6.07) is 4.41. The molecule has 6 nitrogen and oxygen atoms in total. The van der Waals surface area contributed by atoms with Gasteiger partial charge in [0.05, 0.1) is 16.5 Å². The summed E-state index contributed by atoms with van der Waals surface area (Å²) in [6.45, 7) is -0.189. The number of ether oxygens (including phenoxy) is 1. The molecule has 1 aromatic heterocycles. The molecule has 0 aliphatic rings. The molecule has 1 aromatic carbocycles. The number of carbonyl (C=O) groups excluding carboxylic acids is 1. The first-order valence-electron chi connectivity index (χ1n) is 5.19. The summed E-state index contributed by atoms with van der Waals surface area (Å²) < 4.78 is 4.84. The van der Waals surface area contributed by atoms with E-state index in [0.717, 1.165) is 0 Å². The highest BCUT2D eigenvalue weighted by molar-refractivity contribution is 6.44. The lowest BCUT2D eigenvalue weighted by Gasteiger charge is -2.07. The van der Waals surface area contributed by atoms with Crippen LogP contribution in [0.1, 0.15) is 10.4 Å². The van der Waals surface area contributed by atoms with E-state index in [9.17, 15) is 14.4 Å². The number of aromatic nitrogens is 2. The summed E-state index contributed by atoms with van der Waals surface area (Å²) in [4.78, 5) is 38.2. The van der Waals surface area contributed by atoms with Gasteiger partial charge in [-0.25, -0.2) is 9.59 Å². The van der Waals surface area contributed by atoms with E-state index >= 15 is 0 Å². The summed E-state index contributed by atoms with van der Waals surface area (Å²) in [5.74, 6) is -0.724. The van der Waals surface area contributed by atoms with Crippen LogP contribution in [0, 0.1) is 0 Å². The van der Waals surface area contributed by atoms with Crippen molar-refractivity contribution in [1.29, 1.82) is 0 Å². The molecule has 0 radical (unpaired) electrons. The van der Waals surface area contributed by atoms with Gasteiger partial charge in [-0.3, -0.25) is 9.78 Å². The number of aromatic amines is 2. The zero-order valence-electron chi connectivity index (χ0n) is 9.41. The molecular weight excluding hydrogens is 295 g/mol. The largest absolute Gasteiger partial charge is 0.459 e. The van der Waals surface area contributed by atoms with E-state index in [0.29, 0.717) is 0 Å². The number of hydrogen-bond acceptors (Lipinski definition) is 4. The van der Waals surface area contributed by atoms with E-state index < -0.39 is 22.1 Å². The van der Waals surface area contributed by atoms with Gasteiger partial charge in [0.25, 0.3) is 5.56 Å². The Morgan fingerprint density at radius 2 is 2.00 bits per heavy atom. The summed E-state index contributed by atoms with van der Waals surface area (Å²) >= 11 is 10.9. The summed E-state index contributed by atoms with van der Waals surface area (Å²) in [5, 5.41) is 0.183. The number of carbonyl (C=O) groups is 1. The number of esters is 1. The van der Waals surface area contributed by atoms with Crippen LogP contribution in [-0.2, 0) is 4.74 Å². The lowest BCUT2D eigenvalue weighted by atomic mass is 10.1. The standard InChI is InChI=1S/C11H8Cl2N2O4/c12-7(13)4-19-10(17)6-3-1-2-5-8(6)14-11(18)15-9(5)16/h1-3,7H,4H2,(H2,14,15,16,18). The zero-order chi connectivity index (χ0) is 14.0. The van der Waals surface area contributed by atoms with E-state index in [4.69, 9.17) is 27.9 Å². The van der Waals surface area contributed by atoms with E-state index in [1.165, 1.54) is 18.2 Å². The summed E-state index contributed by atoms with van der Waals surface area (Å²) in [5.41, 5.74) is -1.11. The number of fused-ring (bicyclic) bond motifs is 1. The molecule has 0 spiro atoms. The average Bonchev–Trinajstić information content (AvgIpc) is 2.35. The first-order valence-corrected chi connectivity index (χ1v) is 6.07. The second kappa shape index (κ2) is 5.46. The molecule has 19 heavy (non-hydrogen) atoms. The second-order valence-electron chi connectivity index (χ2n) is 3.63. The number of H-pyrrole nitrogens is 2. The van der Waals surface area contributed by atoms with Crippen LogP contribution < -0.4 is 11.2 Å². The van der Waals surface area contributed by atoms with Crippen molar-refractivity contribution in [1.82, 2.24) is 9.97 Å². The Morgan fingerprint density at radius 1 is 1.26 bits per heavy atom. The smallest absolute Gasteiger partial charge is 0.340 e. The van der Waals surface area contributed by atoms with Crippen LogP contribution >= 0.6 is 23.2 Å². The summed E-state index contributed by atoms with van der Waals surface area (Å²) in [7, 11) is 0. The normalized spacial score (nSPS) is 10.9. The molecule has 0 bridgehead atoms. The molecule has 0 saturated carbocycles. The number of nitrogens with one attached hydrogen (secondary N) is 2. The van der Waals surface area contributed by atoms with Gasteiger partial charge in [0.1, 0.15) is 11.4 Å². The number of halogens is 2. The Morgan fingerprint density at radius 3 is 2.68 bits per heavy atom. The van der Waals surface area contributed by atoms with Crippen molar-refractivity contribution >= 4 is 40.1 Å². The van der Waals surface area contributed by atoms with Gasteiger partial charge in [-0.2, -0.15) is 0 Å². The Bertz CT molecular complexity index is 735. The molecule has 0 saturated heterocycles. The molecule has 0 unspecified atom stereocenters. The highest BCUT2D eigenvalue weighted by Gasteiger charge is 2.15. The third-order valence-corrected chi connectivity index (χ3v) is 2.59. The van der Waals surface area contributed by atoms with Crippen molar-refractivity contribution in [3.63, 3.8) is 0 Å². The van der Waals surface area contributed by atoms with Gasteiger partial charge < -0.3 is 9.72 Å². The minimum Gasteiger partial charge on any atom is -0.459 e. The molecular formula is C11H8Cl2N2O4. The van der Waals surface area contributed by atoms with Crippen LogP contribution in [0.5, 0.6) is 0 Å². The van der Waals surface area contributed by atoms with Crippen molar-refractivity contribution in [3.05, 3.63) is 44.6 Å².